The van der Waals surface area contributed by atoms with Gasteiger partial charge >= 0.3 is 0 Å². The number of nitrogens with one attached hydrogen (secondary N) is 1. The molecular weight excluding hydrogens is 417 g/mol. The topological polar surface area (TPSA) is 27.6 Å². The van der Waals surface area contributed by atoms with Gasteiger partial charge in [0.1, 0.15) is 0 Å². The summed E-state index contributed by atoms with van der Waals surface area (Å²) in [5.74, 6) is 4.07. The zero-order valence-electron chi connectivity index (χ0n) is 13.9. The molecule has 128 valence electrons. The maximum atomic E-state index is 4.46. The Morgan fingerprint density at radius 3 is 2.70 bits per heavy atom. The van der Waals surface area contributed by atoms with Crippen LogP contribution in [0.3, 0.4) is 0 Å². The van der Waals surface area contributed by atoms with Gasteiger partial charge in [0.15, 0.2) is 5.96 Å². The van der Waals surface area contributed by atoms with Gasteiger partial charge in [0.2, 0.25) is 0 Å². The summed E-state index contributed by atoms with van der Waals surface area (Å²) in [5, 5.41) is 3.55. The molecule has 1 N–H and O–H groups in total. The highest BCUT2D eigenvalue weighted by Crippen LogP contribution is 2.31. The van der Waals surface area contributed by atoms with E-state index in [9.17, 15) is 0 Å². The van der Waals surface area contributed by atoms with Gasteiger partial charge in [0.05, 0.1) is 0 Å². The minimum Gasteiger partial charge on any atom is -0.356 e. The van der Waals surface area contributed by atoms with Crippen molar-refractivity contribution in [3.63, 3.8) is 0 Å². The Kier molecular flexibility index (Phi) is 8.03. The second kappa shape index (κ2) is 9.77. The molecule has 1 aliphatic heterocycles. The highest BCUT2D eigenvalue weighted by Gasteiger charge is 2.25. The Morgan fingerprint density at radius 2 is 2.00 bits per heavy atom. The number of rotatable bonds is 6. The van der Waals surface area contributed by atoms with Crippen molar-refractivity contribution in [3.8, 4) is 0 Å². The van der Waals surface area contributed by atoms with E-state index in [1.165, 1.54) is 36.3 Å². The fraction of sp³-hybridized carbons (Fsp3) is 0.611. The van der Waals surface area contributed by atoms with E-state index >= 15 is 0 Å². The van der Waals surface area contributed by atoms with E-state index < -0.39 is 0 Å². The van der Waals surface area contributed by atoms with Crippen molar-refractivity contribution in [1.29, 1.82) is 0 Å². The van der Waals surface area contributed by atoms with E-state index in [2.05, 4.69) is 45.5 Å². The Morgan fingerprint density at radius 1 is 1.22 bits per heavy atom. The summed E-state index contributed by atoms with van der Waals surface area (Å²) in [6, 6.07) is 10.7. The van der Waals surface area contributed by atoms with Crippen LogP contribution < -0.4 is 5.32 Å². The molecule has 2 fully saturated rings. The number of aliphatic imine (C=N–C) groups is 1. The summed E-state index contributed by atoms with van der Waals surface area (Å²) in [4.78, 5) is 8.28. The summed E-state index contributed by atoms with van der Waals surface area (Å²) in [6.07, 6.45) is 5.45. The van der Waals surface area contributed by atoms with Crippen LogP contribution in [0.15, 0.2) is 40.2 Å². The van der Waals surface area contributed by atoms with Gasteiger partial charge in [-0.15, -0.1) is 35.7 Å². The lowest BCUT2D eigenvalue weighted by Gasteiger charge is -2.21. The Bertz CT molecular complexity index is 490. The van der Waals surface area contributed by atoms with Crippen LogP contribution in [0.25, 0.3) is 0 Å². The van der Waals surface area contributed by atoms with Crippen LogP contribution in [0.2, 0.25) is 0 Å². The quantitative estimate of drug-likeness (QED) is 0.309. The predicted molar refractivity (Wildman–Crippen MR) is 111 cm³/mol. The van der Waals surface area contributed by atoms with E-state index in [4.69, 9.17) is 0 Å². The van der Waals surface area contributed by atoms with Gasteiger partial charge in [0.25, 0.3) is 0 Å². The molecule has 1 aliphatic carbocycles. The highest BCUT2D eigenvalue weighted by atomic mass is 127. The Balaban J connectivity index is 0.00000192. The molecule has 0 spiro atoms. The number of hydrogen-bond donors (Lipinski definition) is 1. The van der Waals surface area contributed by atoms with Crippen LogP contribution in [0.5, 0.6) is 0 Å². The molecular formula is C18H28IN3S. The van der Waals surface area contributed by atoms with E-state index in [0.29, 0.717) is 0 Å². The molecule has 3 rings (SSSR count). The van der Waals surface area contributed by atoms with Crippen molar-refractivity contribution in [2.24, 2.45) is 16.8 Å². The van der Waals surface area contributed by atoms with Gasteiger partial charge in [-0.3, -0.25) is 4.99 Å². The fourth-order valence-electron chi connectivity index (χ4n) is 3.02. The molecule has 1 heterocycles. The van der Waals surface area contributed by atoms with Crippen LogP contribution in [0, 0.1) is 11.8 Å². The maximum Gasteiger partial charge on any atom is 0.193 e. The molecule has 0 radical (unpaired) electrons. The van der Waals surface area contributed by atoms with Gasteiger partial charge in [-0.05, 0) is 36.8 Å². The van der Waals surface area contributed by atoms with Gasteiger partial charge in [-0.2, -0.15) is 0 Å². The second-order valence-electron chi connectivity index (χ2n) is 6.43. The molecule has 3 nitrogen and oxygen atoms in total. The largest absolute Gasteiger partial charge is 0.356 e. The second-order valence-corrected chi connectivity index (χ2v) is 7.52. The van der Waals surface area contributed by atoms with Crippen molar-refractivity contribution in [1.82, 2.24) is 10.2 Å². The molecule has 1 aromatic carbocycles. The molecule has 0 aromatic heterocycles. The minimum atomic E-state index is 0. The predicted octanol–water partition coefficient (Wildman–Crippen LogP) is 4.09. The summed E-state index contributed by atoms with van der Waals surface area (Å²) >= 11 is 1.98. The fourth-order valence-corrected chi connectivity index (χ4v) is 4.07. The molecule has 1 saturated heterocycles. The first-order valence-electron chi connectivity index (χ1n) is 8.48. The van der Waals surface area contributed by atoms with E-state index in [1.807, 2.05) is 18.8 Å². The number of benzene rings is 1. The third kappa shape index (κ3) is 6.18. The van der Waals surface area contributed by atoms with Crippen molar-refractivity contribution in [3.05, 3.63) is 30.3 Å². The van der Waals surface area contributed by atoms with Crippen molar-refractivity contribution in [2.45, 2.75) is 30.6 Å². The first kappa shape index (κ1) is 18.9. The van der Waals surface area contributed by atoms with E-state index in [0.717, 1.165) is 37.4 Å². The number of halogens is 1. The summed E-state index contributed by atoms with van der Waals surface area (Å²) in [5.41, 5.74) is 0. The lowest BCUT2D eigenvalue weighted by Crippen LogP contribution is -2.40. The Hall–Kier alpha value is -0.430. The lowest BCUT2D eigenvalue weighted by atomic mass is 10.2. The van der Waals surface area contributed by atoms with Gasteiger partial charge in [-0.1, -0.05) is 31.0 Å². The molecule has 1 atom stereocenters. The summed E-state index contributed by atoms with van der Waals surface area (Å²) < 4.78 is 0. The average molecular weight is 445 g/mol. The molecule has 5 heteroatoms. The summed E-state index contributed by atoms with van der Waals surface area (Å²) in [7, 11) is 1.91. The van der Waals surface area contributed by atoms with E-state index in [-0.39, 0.29) is 24.0 Å². The van der Waals surface area contributed by atoms with Gasteiger partial charge < -0.3 is 10.2 Å². The van der Waals surface area contributed by atoms with Crippen LogP contribution in [-0.4, -0.2) is 43.3 Å². The number of thioether (sulfide) groups is 1. The normalized spacial score (nSPS) is 21.2. The molecule has 23 heavy (non-hydrogen) atoms. The van der Waals surface area contributed by atoms with Crippen LogP contribution in [0.4, 0.5) is 0 Å². The van der Waals surface area contributed by atoms with Crippen LogP contribution >= 0.6 is 35.7 Å². The first-order valence-corrected chi connectivity index (χ1v) is 9.47. The zero-order valence-corrected chi connectivity index (χ0v) is 17.1. The standard InChI is InChI=1S/C18H27N3S.HI/c1-19-18(20-11-9-15-7-8-15)21-12-10-16(13-21)14-22-17-5-3-2-4-6-17;/h2-6,15-16H,7-14H2,1H3,(H,19,20);1H. The van der Waals surface area contributed by atoms with Gasteiger partial charge in [-0.25, -0.2) is 0 Å². The lowest BCUT2D eigenvalue weighted by molar-refractivity contribution is 0.472. The molecule has 1 saturated carbocycles. The third-order valence-electron chi connectivity index (χ3n) is 4.56. The van der Waals surface area contributed by atoms with Crippen molar-refractivity contribution >= 4 is 41.7 Å². The molecule has 2 aliphatic rings. The monoisotopic (exact) mass is 445 g/mol. The number of hydrogen-bond acceptors (Lipinski definition) is 2. The number of nitrogens with zero attached hydrogens (tertiary/aromatic N) is 2. The third-order valence-corrected chi connectivity index (χ3v) is 5.80. The smallest absolute Gasteiger partial charge is 0.193 e. The van der Waals surface area contributed by atoms with Crippen molar-refractivity contribution in [2.75, 3.05) is 32.4 Å². The SMILES string of the molecule is CN=C(NCCC1CC1)N1CCC(CSc2ccccc2)C1.I. The van der Waals surface area contributed by atoms with Crippen molar-refractivity contribution < 1.29 is 0 Å². The molecule has 0 amide bonds. The number of likely N-dealkylation sites (tertiary alicyclic amines) is 1. The van der Waals surface area contributed by atoms with Crippen LogP contribution in [0.1, 0.15) is 25.7 Å². The summed E-state index contributed by atoms with van der Waals surface area (Å²) in [6.45, 7) is 3.36. The highest BCUT2D eigenvalue weighted by molar-refractivity contribution is 14.0. The molecule has 0 bridgehead atoms. The average Bonchev–Trinajstić information content (AvgIpc) is 3.27. The van der Waals surface area contributed by atoms with Crippen LogP contribution in [-0.2, 0) is 0 Å². The zero-order chi connectivity index (χ0) is 15.2. The Labute approximate surface area is 161 Å². The first-order chi connectivity index (χ1) is 10.8. The number of guanidine groups is 1. The molecule has 1 unspecified atom stereocenters. The minimum absolute atomic E-state index is 0. The molecule has 1 aromatic rings. The van der Waals surface area contributed by atoms with Gasteiger partial charge in [0, 0.05) is 37.3 Å². The maximum absolute atomic E-state index is 4.46. The van der Waals surface area contributed by atoms with E-state index in [1.54, 1.807) is 0 Å².